The van der Waals surface area contributed by atoms with Gasteiger partial charge in [-0.3, -0.25) is 0 Å². The van der Waals surface area contributed by atoms with Crippen molar-refractivity contribution in [1.82, 2.24) is 53.2 Å². The van der Waals surface area contributed by atoms with Crippen molar-refractivity contribution >= 4 is 0 Å². The highest BCUT2D eigenvalue weighted by Crippen LogP contribution is 2.27. The van der Waals surface area contributed by atoms with Gasteiger partial charge in [-0.15, -0.1) is 0 Å². The molecule has 0 spiro atoms. The Morgan fingerprint density at radius 2 is 0.365 bits per heavy atom. The molecule has 22 N–H and O–H groups in total. The summed E-state index contributed by atoms with van der Waals surface area (Å²) in [5.74, 6) is 7.05. The Morgan fingerprint density at radius 1 is 0.206 bits per heavy atom. The topological polar surface area (TPSA) is 309 Å². The fraction of sp³-hybridized carbons (Fsp3) is 1.00. The summed E-state index contributed by atoms with van der Waals surface area (Å²) in [6, 6.07) is 1.54. The summed E-state index contributed by atoms with van der Waals surface area (Å²) in [6.45, 7) is 43.1. The van der Waals surface area contributed by atoms with Gasteiger partial charge < -0.3 is 86.0 Å². The lowest BCUT2D eigenvalue weighted by atomic mass is 9.84. The summed E-state index contributed by atoms with van der Waals surface area (Å²) >= 11 is 0. The van der Waals surface area contributed by atoms with Gasteiger partial charge in [0.1, 0.15) is 0 Å². The van der Waals surface area contributed by atoms with Crippen LogP contribution in [0, 0.1) is 47.3 Å². The number of hydrogen-bond donors (Lipinski definition) is 10. The molecule has 0 bridgehead atoms. The molecule has 0 aromatic carbocycles. The van der Waals surface area contributed by atoms with Crippen molar-refractivity contribution < 1.29 is 32.9 Å². The Labute approximate surface area is 390 Å². The molecule has 4 unspecified atom stereocenters. The van der Waals surface area contributed by atoms with Gasteiger partial charge in [0, 0.05) is 64.4 Å². The quantitative estimate of drug-likeness (QED) is 0.168. The Hall–Kier alpha value is -0.640. The molecule has 0 radical (unpaired) electrons. The first kappa shape index (κ1) is 76.6. The minimum atomic E-state index is 0. The molecule has 16 nitrogen and oxygen atoms in total. The number of piperidine rings is 2. The van der Waals surface area contributed by atoms with Gasteiger partial charge in [-0.2, -0.15) is 0 Å². The van der Waals surface area contributed by atoms with Gasteiger partial charge in [-0.05, 0) is 128 Å². The fourth-order valence-corrected chi connectivity index (χ4v) is 7.31. The van der Waals surface area contributed by atoms with Crippen LogP contribution >= 0.6 is 0 Å². The van der Waals surface area contributed by atoms with E-state index in [-0.39, 0.29) is 40.3 Å². The van der Waals surface area contributed by atoms with Crippen LogP contribution in [0.2, 0.25) is 0 Å². The number of nitrogens with one attached hydrogen (secondary N) is 10. The molecule has 63 heavy (non-hydrogen) atoms. The van der Waals surface area contributed by atoms with E-state index in [0.717, 1.165) is 112 Å². The van der Waals surface area contributed by atoms with Crippen LogP contribution in [0.25, 0.3) is 0 Å². The van der Waals surface area contributed by atoms with Crippen molar-refractivity contribution in [2.24, 2.45) is 47.3 Å². The maximum Gasteiger partial charge on any atom is 0.0542 e. The highest BCUT2D eigenvalue weighted by Gasteiger charge is 2.16. The highest BCUT2D eigenvalue weighted by atomic mass is 16.0. The van der Waals surface area contributed by atoms with E-state index in [1.54, 1.807) is 0 Å². The predicted molar refractivity (Wildman–Crippen MR) is 275 cm³/mol. The van der Waals surface area contributed by atoms with Gasteiger partial charge in [-0.25, -0.2) is 0 Å². The summed E-state index contributed by atoms with van der Waals surface area (Å²) in [5.41, 5.74) is 0. The van der Waals surface area contributed by atoms with Crippen molar-refractivity contribution in [3.05, 3.63) is 0 Å². The molecule has 7 aliphatic rings. The third-order valence-corrected chi connectivity index (χ3v) is 12.3. The molecule has 0 amide bonds. The lowest BCUT2D eigenvalue weighted by Gasteiger charge is -2.26. The van der Waals surface area contributed by atoms with E-state index in [2.05, 4.69) is 150 Å². The monoisotopic (exact) mass is 919 g/mol. The number of hydrogen-bond acceptors (Lipinski definition) is 10. The van der Waals surface area contributed by atoms with Gasteiger partial charge in [0.15, 0.2) is 0 Å². The Balaban J connectivity index is -0.000000114. The van der Waals surface area contributed by atoms with E-state index in [9.17, 15) is 0 Å². The average molecular weight is 920 g/mol. The van der Waals surface area contributed by atoms with Crippen LogP contribution in [0.4, 0.5) is 0 Å². The normalized spacial score (nSPS) is 35.3. The van der Waals surface area contributed by atoms with Crippen LogP contribution in [0.3, 0.4) is 0 Å². The zero-order valence-corrected chi connectivity index (χ0v) is 42.8. The van der Waals surface area contributed by atoms with E-state index >= 15 is 0 Å². The lowest BCUT2D eigenvalue weighted by molar-refractivity contribution is 0.308. The van der Waals surface area contributed by atoms with Crippen molar-refractivity contribution in [3.8, 4) is 0 Å². The molecular formula is C47H118N10O6. The van der Waals surface area contributed by atoms with Crippen LogP contribution in [0.1, 0.15) is 156 Å². The van der Waals surface area contributed by atoms with Crippen LogP contribution < -0.4 is 53.2 Å². The second-order valence-corrected chi connectivity index (χ2v) is 19.9. The molecular weight excluding hydrogens is 801 g/mol. The van der Waals surface area contributed by atoms with Gasteiger partial charge in [0.2, 0.25) is 0 Å². The molecule has 7 rings (SSSR count). The minimum absolute atomic E-state index is 0. The maximum absolute atomic E-state index is 3.43. The summed E-state index contributed by atoms with van der Waals surface area (Å²) < 4.78 is 0. The first-order valence-electron chi connectivity index (χ1n) is 23.9. The Kier molecular flexibility index (Phi) is 56.5. The molecule has 392 valence electrons. The van der Waals surface area contributed by atoms with Crippen LogP contribution in [0.15, 0.2) is 0 Å². The van der Waals surface area contributed by atoms with Gasteiger partial charge in [-0.1, -0.05) is 88.5 Å². The van der Waals surface area contributed by atoms with Crippen LogP contribution in [-0.2, 0) is 0 Å². The molecule has 6 saturated heterocycles. The third-order valence-electron chi connectivity index (χ3n) is 12.3. The third kappa shape index (κ3) is 44.9. The van der Waals surface area contributed by atoms with Gasteiger partial charge in [0.05, 0.1) is 24.7 Å². The Bertz CT molecular complexity index is 602. The van der Waals surface area contributed by atoms with Crippen molar-refractivity contribution in [3.63, 3.8) is 0 Å². The first-order chi connectivity index (χ1) is 26.5. The molecule has 1 aliphatic carbocycles. The summed E-state index contributed by atoms with van der Waals surface area (Å²) in [7, 11) is 0. The predicted octanol–water partition coefficient (Wildman–Crippen LogP) is 1.95. The smallest absolute Gasteiger partial charge is 0.0542 e. The maximum atomic E-state index is 3.43. The van der Waals surface area contributed by atoms with Gasteiger partial charge in [0.25, 0.3) is 0 Å². The van der Waals surface area contributed by atoms with E-state index in [0.29, 0.717) is 24.7 Å². The molecule has 16 heteroatoms. The van der Waals surface area contributed by atoms with Crippen LogP contribution in [0.5, 0.6) is 0 Å². The van der Waals surface area contributed by atoms with Crippen molar-refractivity contribution in [2.45, 2.75) is 192 Å². The van der Waals surface area contributed by atoms with Crippen molar-refractivity contribution in [2.75, 3.05) is 65.4 Å². The average Bonchev–Trinajstić information content (AvgIpc) is 3.18. The zero-order chi connectivity index (χ0) is 41.9. The minimum Gasteiger partial charge on any atom is -0.412 e. The molecule has 0 aromatic heterocycles. The Morgan fingerprint density at radius 3 is 0.492 bits per heavy atom. The van der Waals surface area contributed by atoms with E-state index in [1.807, 2.05) is 0 Å². The SMILES string of the molecule is C.CC1CCC(C)CC1.CC1CCC(C)NC1.CC1CCC(C)NC1.CC1CNC(C)NC1.CC1CNC(C)NC1.CC1CNC(C)NC1.CC1CNC(C)NC1.O.O.O.O.O.O. The summed E-state index contributed by atoms with van der Waals surface area (Å²) in [4.78, 5) is 0. The zero-order valence-electron chi connectivity index (χ0n) is 42.8. The molecule has 4 atom stereocenters. The summed E-state index contributed by atoms with van der Waals surface area (Å²) in [6.07, 6.45) is 13.5. The van der Waals surface area contributed by atoms with E-state index < -0.39 is 0 Å². The molecule has 6 aliphatic heterocycles. The van der Waals surface area contributed by atoms with E-state index in [4.69, 9.17) is 0 Å². The lowest BCUT2D eigenvalue weighted by Crippen LogP contribution is -2.50. The van der Waals surface area contributed by atoms with Crippen molar-refractivity contribution in [1.29, 1.82) is 0 Å². The molecule has 7 fully saturated rings. The molecule has 1 saturated carbocycles. The van der Waals surface area contributed by atoms with E-state index in [1.165, 1.54) is 64.5 Å². The standard InChI is InChI=1S/C8H16.2C7H15N.4C6H14N2.CH4.6H2O/c1-7-3-5-8(2)6-4-7;2*1-6-3-4-7(2)8-5-6;4*1-5-3-7-6(2)8-4-5;;;;;;;/h7-8H,3-6H2,1-2H3;2*6-8H,3-5H2,1-2H3;4*5-8H,3-4H2,1-2H3;1H4;6*1H2. The largest absolute Gasteiger partial charge is 0.412 e. The second-order valence-electron chi connectivity index (χ2n) is 19.9. The highest BCUT2D eigenvalue weighted by molar-refractivity contribution is 4.74. The van der Waals surface area contributed by atoms with Gasteiger partial charge >= 0.3 is 0 Å². The fourth-order valence-electron chi connectivity index (χ4n) is 7.31. The van der Waals surface area contributed by atoms with Crippen LogP contribution in [-0.4, -0.2) is 135 Å². The second kappa shape index (κ2) is 46.5. The first-order valence-corrected chi connectivity index (χ1v) is 23.9. The number of rotatable bonds is 0. The molecule has 0 aromatic rings. The summed E-state index contributed by atoms with van der Waals surface area (Å²) in [5, 5.41) is 33.4. The molecule has 6 heterocycles.